The zero-order chi connectivity index (χ0) is 14.9. The maximum absolute atomic E-state index is 12.5. The predicted octanol–water partition coefficient (Wildman–Crippen LogP) is 2.64. The Morgan fingerprint density at radius 3 is 2.45 bits per heavy atom. The maximum Gasteiger partial charge on any atom is 0.337 e. The van der Waals surface area contributed by atoms with Crippen LogP contribution >= 0.6 is 23.2 Å². The minimum atomic E-state index is -3.84. The molecule has 0 aliphatic carbocycles. The third-order valence-corrected chi connectivity index (χ3v) is 5.53. The van der Waals surface area contributed by atoms with Crippen molar-refractivity contribution in [2.45, 2.75) is 11.3 Å². The fraction of sp³-hybridized carbons (Fsp3) is 0.250. The van der Waals surface area contributed by atoms with Gasteiger partial charge >= 0.3 is 5.97 Å². The second-order valence-corrected chi connectivity index (χ2v) is 6.91. The Hall–Kier alpha value is -1.08. The molecule has 1 aromatic carbocycles. The highest BCUT2D eigenvalue weighted by Gasteiger charge is 2.28. The largest absolute Gasteiger partial charge is 0.478 e. The fourth-order valence-corrected chi connectivity index (χ4v) is 4.10. The normalized spacial score (nSPS) is 16.3. The SMILES string of the molecule is O=C(O)c1cc(S(=O)(=O)N2CC=CCC2)c(Cl)cc1Cl. The van der Waals surface area contributed by atoms with Crippen LogP contribution in [0.3, 0.4) is 0 Å². The summed E-state index contributed by atoms with van der Waals surface area (Å²) < 4.78 is 26.2. The highest BCUT2D eigenvalue weighted by molar-refractivity contribution is 7.89. The van der Waals surface area contributed by atoms with Crippen molar-refractivity contribution in [3.8, 4) is 0 Å². The molecule has 2 rings (SSSR count). The minimum absolute atomic E-state index is 0.0884. The Kier molecular flexibility index (Phi) is 4.39. The number of sulfonamides is 1. The van der Waals surface area contributed by atoms with Crippen LogP contribution in [0.2, 0.25) is 10.0 Å². The van der Waals surface area contributed by atoms with Gasteiger partial charge in [-0.3, -0.25) is 0 Å². The Bertz CT molecular complexity index is 685. The first-order valence-corrected chi connectivity index (χ1v) is 7.91. The molecule has 0 aromatic heterocycles. The Morgan fingerprint density at radius 2 is 1.90 bits per heavy atom. The molecule has 20 heavy (non-hydrogen) atoms. The summed E-state index contributed by atoms with van der Waals surface area (Å²) in [5, 5.41) is 8.82. The summed E-state index contributed by atoms with van der Waals surface area (Å²) in [5.41, 5.74) is -0.290. The molecule has 5 nitrogen and oxygen atoms in total. The van der Waals surface area contributed by atoms with Crippen LogP contribution in [-0.2, 0) is 10.0 Å². The highest BCUT2D eigenvalue weighted by atomic mass is 35.5. The van der Waals surface area contributed by atoms with Gasteiger partial charge in [0.25, 0.3) is 0 Å². The van der Waals surface area contributed by atoms with Crippen molar-refractivity contribution in [3.05, 3.63) is 39.9 Å². The molecule has 0 radical (unpaired) electrons. The van der Waals surface area contributed by atoms with Crippen LogP contribution in [0, 0.1) is 0 Å². The molecule has 0 saturated heterocycles. The van der Waals surface area contributed by atoms with Gasteiger partial charge in [0.05, 0.1) is 15.6 Å². The lowest BCUT2D eigenvalue weighted by molar-refractivity contribution is 0.0697. The second kappa shape index (κ2) is 5.73. The van der Waals surface area contributed by atoms with Crippen molar-refractivity contribution in [1.29, 1.82) is 0 Å². The topological polar surface area (TPSA) is 74.7 Å². The zero-order valence-electron chi connectivity index (χ0n) is 10.2. The zero-order valence-corrected chi connectivity index (χ0v) is 12.5. The lowest BCUT2D eigenvalue weighted by atomic mass is 10.2. The van der Waals surface area contributed by atoms with Crippen LogP contribution in [-0.4, -0.2) is 36.9 Å². The molecule has 8 heteroatoms. The van der Waals surface area contributed by atoms with E-state index >= 15 is 0 Å². The van der Waals surface area contributed by atoms with Gasteiger partial charge in [0, 0.05) is 13.1 Å². The third-order valence-electron chi connectivity index (χ3n) is 2.89. The number of carbonyl (C=O) groups is 1. The number of benzene rings is 1. The number of rotatable bonds is 3. The second-order valence-electron chi connectivity index (χ2n) is 4.19. The predicted molar refractivity (Wildman–Crippen MR) is 75.9 cm³/mol. The number of halogens is 2. The molecule has 1 aromatic rings. The molecule has 0 spiro atoms. The summed E-state index contributed by atoms with van der Waals surface area (Å²) >= 11 is 11.7. The van der Waals surface area contributed by atoms with E-state index in [9.17, 15) is 13.2 Å². The standard InChI is InChI=1S/C12H11Cl2NO4S/c13-9-7-10(14)11(6-8(9)12(16)17)20(18,19)15-4-2-1-3-5-15/h1-2,6-7H,3-5H2,(H,16,17). The van der Waals surface area contributed by atoms with E-state index in [-0.39, 0.29) is 27.0 Å². The molecule has 1 aliphatic heterocycles. The van der Waals surface area contributed by atoms with Crippen molar-refractivity contribution in [2.75, 3.05) is 13.1 Å². The van der Waals surface area contributed by atoms with E-state index in [0.717, 1.165) is 12.1 Å². The van der Waals surface area contributed by atoms with E-state index in [1.165, 1.54) is 4.31 Å². The van der Waals surface area contributed by atoms with Gasteiger partial charge in [-0.2, -0.15) is 4.31 Å². The number of aromatic carboxylic acids is 1. The molecule has 1 aliphatic rings. The fourth-order valence-electron chi connectivity index (χ4n) is 1.87. The summed E-state index contributed by atoms with van der Waals surface area (Å²) in [5.74, 6) is -1.30. The highest BCUT2D eigenvalue weighted by Crippen LogP contribution is 2.31. The van der Waals surface area contributed by atoms with Gasteiger partial charge in [-0.05, 0) is 18.6 Å². The van der Waals surface area contributed by atoms with E-state index in [2.05, 4.69) is 0 Å². The summed E-state index contributed by atoms with van der Waals surface area (Å²) in [4.78, 5) is 10.8. The van der Waals surface area contributed by atoms with Gasteiger partial charge in [0.1, 0.15) is 4.90 Å². The number of carboxylic acids is 1. The van der Waals surface area contributed by atoms with Crippen LogP contribution in [0.1, 0.15) is 16.8 Å². The lowest BCUT2D eigenvalue weighted by Gasteiger charge is -2.23. The van der Waals surface area contributed by atoms with E-state index in [4.69, 9.17) is 28.3 Å². The quantitative estimate of drug-likeness (QED) is 0.861. The maximum atomic E-state index is 12.5. The van der Waals surface area contributed by atoms with Crippen molar-refractivity contribution >= 4 is 39.2 Å². The molecule has 1 N–H and O–H groups in total. The van der Waals surface area contributed by atoms with Crippen LogP contribution in [0.5, 0.6) is 0 Å². The van der Waals surface area contributed by atoms with Gasteiger partial charge in [-0.1, -0.05) is 35.4 Å². The first kappa shape index (κ1) is 15.3. The Balaban J connectivity index is 2.54. The molecule has 0 fully saturated rings. The van der Waals surface area contributed by atoms with E-state index in [1.54, 1.807) is 6.08 Å². The van der Waals surface area contributed by atoms with E-state index in [1.807, 2.05) is 6.08 Å². The van der Waals surface area contributed by atoms with Gasteiger partial charge in [-0.15, -0.1) is 0 Å². The molecule has 0 unspecified atom stereocenters. The van der Waals surface area contributed by atoms with Crippen LogP contribution < -0.4 is 0 Å². The summed E-state index contributed by atoms with van der Waals surface area (Å²) in [6.07, 6.45) is 4.23. The molecule has 0 atom stereocenters. The van der Waals surface area contributed by atoms with Gasteiger partial charge in [-0.25, -0.2) is 13.2 Å². The molecular weight excluding hydrogens is 325 g/mol. The van der Waals surface area contributed by atoms with Crippen molar-refractivity contribution in [2.24, 2.45) is 0 Å². The number of hydrogen-bond acceptors (Lipinski definition) is 3. The Morgan fingerprint density at radius 1 is 1.20 bits per heavy atom. The van der Waals surface area contributed by atoms with Crippen LogP contribution in [0.25, 0.3) is 0 Å². The van der Waals surface area contributed by atoms with Crippen LogP contribution in [0.15, 0.2) is 29.2 Å². The Labute approximate surface area is 126 Å². The average molecular weight is 336 g/mol. The summed E-state index contributed by atoms with van der Waals surface area (Å²) in [6.45, 7) is 0.573. The van der Waals surface area contributed by atoms with Crippen molar-refractivity contribution in [3.63, 3.8) is 0 Å². The first-order chi connectivity index (χ1) is 9.34. The van der Waals surface area contributed by atoms with Gasteiger partial charge in [0.2, 0.25) is 10.0 Å². The number of nitrogens with zero attached hydrogens (tertiary/aromatic N) is 1. The van der Waals surface area contributed by atoms with Gasteiger partial charge < -0.3 is 5.11 Å². The average Bonchev–Trinajstić information content (AvgIpc) is 2.39. The molecular formula is C12H11Cl2NO4S. The lowest BCUT2D eigenvalue weighted by Crippen LogP contribution is -2.34. The smallest absolute Gasteiger partial charge is 0.337 e. The van der Waals surface area contributed by atoms with E-state index in [0.29, 0.717) is 13.0 Å². The molecule has 108 valence electrons. The van der Waals surface area contributed by atoms with Crippen molar-refractivity contribution in [1.82, 2.24) is 4.31 Å². The molecule has 0 saturated carbocycles. The third kappa shape index (κ3) is 2.83. The molecule has 0 amide bonds. The number of hydrogen-bond donors (Lipinski definition) is 1. The molecule has 0 bridgehead atoms. The van der Waals surface area contributed by atoms with Crippen molar-refractivity contribution < 1.29 is 18.3 Å². The first-order valence-electron chi connectivity index (χ1n) is 5.71. The van der Waals surface area contributed by atoms with E-state index < -0.39 is 16.0 Å². The summed E-state index contributed by atoms with van der Waals surface area (Å²) in [7, 11) is -3.84. The summed E-state index contributed by atoms with van der Waals surface area (Å²) in [6, 6.07) is 2.14. The monoisotopic (exact) mass is 335 g/mol. The minimum Gasteiger partial charge on any atom is -0.478 e. The van der Waals surface area contributed by atoms with Crippen LogP contribution in [0.4, 0.5) is 0 Å². The number of carboxylic acid groups (broad SMARTS) is 1. The molecule has 1 heterocycles. The van der Waals surface area contributed by atoms with Gasteiger partial charge in [0.15, 0.2) is 0 Å².